The van der Waals surface area contributed by atoms with Crippen LogP contribution in [-0.4, -0.2) is 39.2 Å². The van der Waals surface area contributed by atoms with Gasteiger partial charge in [0.25, 0.3) is 0 Å². The van der Waals surface area contributed by atoms with Crippen LogP contribution < -0.4 is 11.5 Å². The van der Waals surface area contributed by atoms with E-state index in [1.165, 1.54) is 30.4 Å². The Bertz CT molecular complexity index is 571. The Labute approximate surface area is 127 Å². The van der Waals surface area contributed by atoms with E-state index in [2.05, 4.69) is 0 Å². The molecule has 0 saturated heterocycles. The first kappa shape index (κ1) is 17.7. The fourth-order valence-corrected chi connectivity index (χ4v) is 1.77. The van der Waals surface area contributed by atoms with Crippen LogP contribution in [0.1, 0.15) is 24.8 Å². The first-order chi connectivity index (χ1) is 10.3. The Balaban J connectivity index is 2.48. The third-order valence-corrected chi connectivity index (χ3v) is 3.15. The van der Waals surface area contributed by atoms with E-state index in [-0.39, 0.29) is 23.7 Å². The van der Waals surface area contributed by atoms with Gasteiger partial charge in [0.2, 0.25) is 0 Å². The van der Waals surface area contributed by atoms with Gasteiger partial charge < -0.3 is 26.8 Å². The molecule has 1 aromatic rings. The fourth-order valence-electron chi connectivity index (χ4n) is 1.77. The minimum atomic E-state index is -1.08. The number of nitrogens with two attached hydrogens (primary N) is 2. The van der Waals surface area contributed by atoms with Crippen molar-refractivity contribution in [2.75, 3.05) is 0 Å². The van der Waals surface area contributed by atoms with Crippen molar-refractivity contribution in [1.82, 2.24) is 0 Å². The summed E-state index contributed by atoms with van der Waals surface area (Å²) in [4.78, 5) is 22.4. The van der Waals surface area contributed by atoms with Gasteiger partial charge in [0.1, 0.15) is 6.04 Å². The summed E-state index contributed by atoms with van der Waals surface area (Å²) in [5, 5.41) is 27.1. The van der Waals surface area contributed by atoms with Gasteiger partial charge in [0.15, 0.2) is 17.3 Å². The average Bonchev–Trinajstić information content (AvgIpc) is 2.47. The standard InChI is InChI=1S/C15H20N2O5/c16-10(2-1-3-11(17)15(21)22)12(18)6-4-9-5-7-13(19)14(20)8-9/h4-8,10-11,19-20H,1-3,16-17H2,(H,21,22)/b6-4+/t10?,11-/m0/s1. The maximum Gasteiger partial charge on any atom is 0.320 e. The molecule has 7 heteroatoms. The Morgan fingerprint density at radius 3 is 2.32 bits per heavy atom. The summed E-state index contributed by atoms with van der Waals surface area (Å²) >= 11 is 0. The number of phenolic OH excluding ortho intramolecular Hbond substituents is 2. The Kier molecular flexibility index (Phi) is 6.55. The molecule has 0 amide bonds. The highest BCUT2D eigenvalue weighted by atomic mass is 16.4. The highest BCUT2D eigenvalue weighted by Gasteiger charge is 2.14. The van der Waals surface area contributed by atoms with E-state index >= 15 is 0 Å². The van der Waals surface area contributed by atoms with E-state index in [9.17, 15) is 19.8 Å². The number of hydrogen-bond acceptors (Lipinski definition) is 6. The van der Waals surface area contributed by atoms with Gasteiger partial charge in [-0.05, 0) is 43.0 Å². The number of aliphatic carboxylic acids is 1. The second kappa shape index (κ2) is 8.16. The number of benzene rings is 1. The molecule has 1 aromatic carbocycles. The second-order valence-corrected chi connectivity index (χ2v) is 4.97. The number of phenols is 2. The molecule has 0 radical (unpaired) electrons. The number of carbonyl (C=O) groups is 2. The topological polar surface area (TPSA) is 147 Å². The van der Waals surface area contributed by atoms with Crippen LogP contribution in [0.15, 0.2) is 24.3 Å². The van der Waals surface area contributed by atoms with Crippen LogP contribution in [0.3, 0.4) is 0 Å². The van der Waals surface area contributed by atoms with Gasteiger partial charge >= 0.3 is 5.97 Å². The van der Waals surface area contributed by atoms with Crippen LogP contribution >= 0.6 is 0 Å². The molecule has 0 spiro atoms. The van der Waals surface area contributed by atoms with E-state index in [0.29, 0.717) is 18.4 Å². The molecule has 0 aliphatic heterocycles. The smallest absolute Gasteiger partial charge is 0.320 e. The van der Waals surface area contributed by atoms with Crippen LogP contribution in [0.2, 0.25) is 0 Å². The lowest BCUT2D eigenvalue weighted by molar-refractivity contribution is -0.138. The Hall–Kier alpha value is -2.38. The predicted molar refractivity (Wildman–Crippen MR) is 81.3 cm³/mol. The van der Waals surface area contributed by atoms with Crippen molar-refractivity contribution < 1.29 is 24.9 Å². The van der Waals surface area contributed by atoms with Crippen molar-refractivity contribution in [3.63, 3.8) is 0 Å². The molecule has 0 aromatic heterocycles. The number of ketones is 1. The third kappa shape index (κ3) is 5.55. The number of carboxylic acids is 1. The van der Waals surface area contributed by atoms with Crippen LogP contribution in [0.4, 0.5) is 0 Å². The summed E-state index contributed by atoms with van der Waals surface area (Å²) in [5.74, 6) is -1.90. The van der Waals surface area contributed by atoms with Gasteiger partial charge in [-0.2, -0.15) is 0 Å². The summed E-state index contributed by atoms with van der Waals surface area (Å²) in [5.41, 5.74) is 11.6. The molecule has 0 aliphatic rings. The summed E-state index contributed by atoms with van der Waals surface area (Å²) < 4.78 is 0. The van der Waals surface area contributed by atoms with Gasteiger partial charge in [-0.25, -0.2) is 0 Å². The first-order valence-electron chi connectivity index (χ1n) is 6.79. The van der Waals surface area contributed by atoms with Crippen molar-refractivity contribution in [1.29, 1.82) is 0 Å². The first-order valence-corrected chi connectivity index (χ1v) is 6.79. The Morgan fingerprint density at radius 2 is 1.73 bits per heavy atom. The molecule has 0 heterocycles. The maximum atomic E-state index is 11.8. The third-order valence-electron chi connectivity index (χ3n) is 3.15. The lowest BCUT2D eigenvalue weighted by Crippen LogP contribution is -2.32. The lowest BCUT2D eigenvalue weighted by Gasteiger charge is -2.09. The van der Waals surface area contributed by atoms with Crippen molar-refractivity contribution in [3.05, 3.63) is 29.8 Å². The van der Waals surface area contributed by atoms with Crippen LogP contribution in [0, 0.1) is 0 Å². The molecule has 0 saturated carbocycles. The van der Waals surface area contributed by atoms with Crippen LogP contribution in [0.25, 0.3) is 6.08 Å². The number of carbonyl (C=O) groups excluding carboxylic acids is 1. The van der Waals surface area contributed by atoms with Crippen molar-refractivity contribution >= 4 is 17.8 Å². The molecule has 1 unspecified atom stereocenters. The maximum absolute atomic E-state index is 11.8. The molecule has 7 nitrogen and oxygen atoms in total. The highest BCUT2D eigenvalue weighted by Crippen LogP contribution is 2.25. The molecule has 0 fully saturated rings. The SMILES string of the molecule is NC(CCC[C@H](N)C(=O)O)C(=O)/C=C/c1ccc(O)c(O)c1. The summed E-state index contributed by atoms with van der Waals surface area (Å²) in [7, 11) is 0. The molecule has 120 valence electrons. The van der Waals surface area contributed by atoms with Gasteiger partial charge in [0, 0.05) is 0 Å². The Morgan fingerprint density at radius 1 is 1.09 bits per heavy atom. The van der Waals surface area contributed by atoms with E-state index in [4.69, 9.17) is 16.6 Å². The van der Waals surface area contributed by atoms with Gasteiger partial charge in [-0.3, -0.25) is 9.59 Å². The number of carboxylic acid groups (broad SMARTS) is 1. The summed E-state index contributed by atoms with van der Waals surface area (Å²) in [6, 6.07) is 2.49. The minimum Gasteiger partial charge on any atom is -0.504 e. The van der Waals surface area contributed by atoms with Crippen LogP contribution in [-0.2, 0) is 9.59 Å². The zero-order chi connectivity index (χ0) is 16.7. The zero-order valence-corrected chi connectivity index (χ0v) is 12.0. The molecular formula is C15H20N2O5. The fraction of sp³-hybridized carbons (Fsp3) is 0.333. The average molecular weight is 308 g/mol. The van der Waals surface area contributed by atoms with Crippen molar-refractivity contribution in [2.45, 2.75) is 31.3 Å². The largest absolute Gasteiger partial charge is 0.504 e. The molecular weight excluding hydrogens is 288 g/mol. The van der Waals surface area contributed by atoms with Crippen LogP contribution in [0.5, 0.6) is 11.5 Å². The highest BCUT2D eigenvalue weighted by molar-refractivity contribution is 5.97. The number of rotatable bonds is 8. The predicted octanol–water partition coefficient (Wildman–Crippen LogP) is 0.590. The molecule has 2 atom stereocenters. The zero-order valence-electron chi connectivity index (χ0n) is 12.0. The van der Waals surface area contributed by atoms with E-state index < -0.39 is 18.1 Å². The molecule has 0 aliphatic carbocycles. The van der Waals surface area contributed by atoms with Gasteiger partial charge in [-0.1, -0.05) is 12.1 Å². The summed E-state index contributed by atoms with van der Waals surface area (Å²) in [6.07, 6.45) is 3.79. The molecule has 1 rings (SSSR count). The number of aromatic hydroxyl groups is 2. The molecule has 22 heavy (non-hydrogen) atoms. The lowest BCUT2D eigenvalue weighted by atomic mass is 10.0. The normalized spacial score (nSPS) is 13.9. The van der Waals surface area contributed by atoms with E-state index in [0.717, 1.165) is 0 Å². The molecule has 7 N–H and O–H groups in total. The minimum absolute atomic E-state index is 0.241. The monoisotopic (exact) mass is 308 g/mol. The molecule has 0 bridgehead atoms. The number of hydrogen-bond donors (Lipinski definition) is 5. The summed E-state index contributed by atoms with van der Waals surface area (Å²) in [6.45, 7) is 0. The van der Waals surface area contributed by atoms with Crippen molar-refractivity contribution in [3.8, 4) is 11.5 Å². The quantitative estimate of drug-likeness (QED) is 0.349. The van der Waals surface area contributed by atoms with Crippen molar-refractivity contribution in [2.24, 2.45) is 11.5 Å². The van der Waals surface area contributed by atoms with E-state index in [1.807, 2.05) is 0 Å². The second-order valence-electron chi connectivity index (χ2n) is 4.97. The van der Waals surface area contributed by atoms with Gasteiger partial charge in [0.05, 0.1) is 6.04 Å². The van der Waals surface area contributed by atoms with Gasteiger partial charge in [-0.15, -0.1) is 0 Å². The van der Waals surface area contributed by atoms with E-state index in [1.54, 1.807) is 0 Å².